The van der Waals surface area contributed by atoms with Crippen LogP contribution >= 0.6 is 0 Å². The number of hydrogen-bond acceptors (Lipinski definition) is 5. The molecular formula is C18H23N5O. The number of aromatic nitrogens is 2. The molecular weight excluding hydrogens is 302 g/mol. The van der Waals surface area contributed by atoms with Crippen LogP contribution in [0.5, 0.6) is 0 Å². The number of benzene rings is 1. The number of amides is 1. The smallest absolute Gasteiger partial charge is 0.234 e. The minimum atomic E-state index is 0.0719. The van der Waals surface area contributed by atoms with Gasteiger partial charge in [-0.3, -0.25) is 9.69 Å². The molecule has 0 aliphatic carbocycles. The standard InChI is InChI=1S/C18H23N5O/c1-15-11-17(21-20-12-15)23-9-7-22(8-10-23)14-18(24)19-13-16-5-3-2-4-6-16/h2-6,11-12H,7-10,13-14H2,1H3,(H,19,24). The van der Waals surface area contributed by atoms with Crippen molar-refractivity contribution in [3.63, 3.8) is 0 Å². The van der Waals surface area contributed by atoms with Gasteiger partial charge in [0.15, 0.2) is 5.82 Å². The van der Waals surface area contributed by atoms with Crippen molar-refractivity contribution in [3.05, 3.63) is 53.7 Å². The maximum Gasteiger partial charge on any atom is 0.234 e. The summed E-state index contributed by atoms with van der Waals surface area (Å²) < 4.78 is 0. The van der Waals surface area contributed by atoms with E-state index in [4.69, 9.17) is 0 Å². The second-order valence-electron chi connectivity index (χ2n) is 6.12. The summed E-state index contributed by atoms with van der Waals surface area (Å²) in [4.78, 5) is 16.5. The fourth-order valence-electron chi connectivity index (χ4n) is 2.79. The Bertz CT molecular complexity index is 668. The van der Waals surface area contributed by atoms with Crippen molar-refractivity contribution in [2.75, 3.05) is 37.6 Å². The van der Waals surface area contributed by atoms with Crippen LogP contribution in [0, 0.1) is 6.92 Å². The van der Waals surface area contributed by atoms with E-state index in [-0.39, 0.29) is 5.91 Å². The fourth-order valence-corrected chi connectivity index (χ4v) is 2.79. The molecule has 1 aromatic carbocycles. The summed E-state index contributed by atoms with van der Waals surface area (Å²) in [6.45, 7) is 6.49. The predicted molar refractivity (Wildman–Crippen MR) is 93.7 cm³/mol. The van der Waals surface area contributed by atoms with Gasteiger partial charge in [0.25, 0.3) is 0 Å². The molecule has 1 aliphatic heterocycles. The summed E-state index contributed by atoms with van der Waals surface area (Å²) in [5.41, 5.74) is 2.23. The molecule has 1 aromatic heterocycles. The van der Waals surface area contributed by atoms with Gasteiger partial charge in [-0.25, -0.2) is 0 Å². The fraction of sp³-hybridized carbons (Fsp3) is 0.389. The highest BCUT2D eigenvalue weighted by molar-refractivity contribution is 5.78. The lowest BCUT2D eigenvalue weighted by Crippen LogP contribution is -2.49. The van der Waals surface area contributed by atoms with Crippen LogP contribution in [0.3, 0.4) is 0 Å². The quantitative estimate of drug-likeness (QED) is 0.896. The Morgan fingerprint density at radius 2 is 1.92 bits per heavy atom. The molecule has 126 valence electrons. The van der Waals surface area contributed by atoms with Crippen molar-refractivity contribution < 1.29 is 4.79 Å². The lowest BCUT2D eigenvalue weighted by Gasteiger charge is -2.34. The van der Waals surface area contributed by atoms with E-state index in [2.05, 4.69) is 31.4 Å². The molecule has 6 nitrogen and oxygen atoms in total. The van der Waals surface area contributed by atoms with Gasteiger partial charge >= 0.3 is 0 Å². The first-order valence-electron chi connectivity index (χ1n) is 8.28. The third-order valence-electron chi connectivity index (χ3n) is 4.17. The van der Waals surface area contributed by atoms with Gasteiger partial charge in [0.05, 0.1) is 12.7 Å². The van der Waals surface area contributed by atoms with E-state index in [1.54, 1.807) is 6.20 Å². The SMILES string of the molecule is Cc1cnnc(N2CCN(CC(=O)NCc3ccccc3)CC2)c1. The van der Waals surface area contributed by atoms with Crippen molar-refractivity contribution in [1.29, 1.82) is 0 Å². The van der Waals surface area contributed by atoms with Crippen molar-refractivity contribution in [3.8, 4) is 0 Å². The molecule has 2 aromatic rings. The summed E-state index contributed by atoms with van der Waals surface area (Å²) in [5.74, 6) is 0.992. The maximum absolute atomic E-state index is 12.1. The van der Waals surface area contributed by atoms with Crippen LogP contribution in [-0.2, 0) is 11.3 Å². The van der Waals surface area contributed by atoms with Crippen LogP contribution < -0.4 is 10.2 Å². The molecule has 0 saturated carbocycles. The Labute approximate surface area is 142 Å². The number of rotatable bonds is 5. The molecule has 0 bridgehead atoms. The van der Waals surface area contributed by atoms with E-state index < -0.39 is 0 Å². The topological polar surface area (TPSA) is 61.4 Å². The summed E-state index contributed by atoms with van der Waals surface area (Å²) in [5, 5.41) is 11.2. The normalized spacial score (nSPS) is 15.3. The highest BCUT2D eigenvalue weighted by atomic mass is 16.2. The Morgan fingerprint density at radius 3 is 2.62 bits per heavy atom. The molecule has 0 radical (unpaired) electrons. The third kappa shape index (κ3) is 4.52. The largest absolute Gasteiger partial charge is 0.353 e. The number of piperazine rings is 1. The molecule has 0 unspecified atom stereocenters. The molecule has 1 N–H and O–H groups in total. The second-order valence-corrected chi connectivity index (χ2v) is 6.12. The predicted octanol–water partition coefficient (Wildman–Crippen LogP) is 1.22. The van der Waals surface area contributed by atoms with Gasteiger partial charge < -0.3 is 10.2 Å². The molecule has 0 spiro atoms. The van der Waals surface area contributed by atoms with Gasteiger partial charge in [-0.2, -0.15) is 5.10 Å². The van der Waals surface area contributed by atoms with Crippen LogP contribution in [0.15, 0.2) is 42.6 Å². The zero-order valence-corrected chi connectivity index (χ0v) is 14.0. The highest BCUT2D eigenvalue weighted by Gasteiger charge is 2.20. The Hall–Kier alpha value is -2.47. The molecule has 3 rings (SSSR count). The molecule has 1 aliphatic rings. The molecule has 6 heteroatoms. The number of carbonyl (C=O) groups is 1. The molecule has 1 amide bonds. The minimum Gasteiger partial charge on any atom is -0.353 e. The van der Waals surface area contributed by atoms with E-state index in [1.807, 2.05) is 37.3 Å². The summed E-state index contributed by atoms with van der Waals surface area (Å²) >= 11 is 0. The molecule has 2 heterocycles. The van der Waals surface area contributed by atoms with Crippen molar-refractivity contribution in [1.82, 2.24) is 20.4 Å². The Balaban J connectivity index is 1.42. The first-order valence-corrected chi connectivity index (χ1v) is 8.28. The molecule has 1 fully saturated rings. The minimum absolute atomic E-state index is 0.0719. The molecule has 0 atom stereocenters. The Morgan fingerprint density at radius 1 is 1.17 bits per heavy atom. The summed E-state index contributed by atoms with van der Waals surface area (Å²) in [6, 6.07) is 12.0. The van der Waals surface area contributed by atoms with Crippen LogP contribution in [0.2, 0.25) is 0 Å². The van der Waals surface area contributed by atoms with Gasteiger partial charge in [0.2, 0.25) is 5.91 Å². The number of nitrogens with zero attached hydrogens (tertiary/aromatic N) is 4. The number of hydrogen-bond donors (Lipinski definition) is 1. The van der Waals surface area contributed by atoms with E-state index >= 15 is 0 Å². The number of nitrogens with one attached hydrogen (secondary N) is 1. The molecule has 24 heavy (non-hydrogen) atoms. The summed E-state index contributed by atoms with van der Waals surface area (Å²) in [6.07, 6.45) is 1.76. The third-order valence-corrected chi connectivity index (χ3v) is 4.17. The van der Waals surface area contributed by atoms with Gasteiger partial charge in [-0.15, -0.1) is 5.10 Å². The van der Waals surface area contributed by atoms with E-state index in [1.165, 1.54) is 0 Å². The Kier molecular flexibility index (Phi) is 5.38. The average Bonchev–Trinajstić information content (AvgIpc) is 2.61. The summed E-state index contributed by atoms with van der Waals surface area (Å²) in [7, 11) is 0. The van der Waals surface area contributed by atoms with Crippen LogP contribution in [-0.4, -0.2) is 53.7 Å². The van der Waals surface area contributed by atoms with Crippen LogP contribution in [0.4, 0.5) is 5.82 Å². The monoisotopic (exact) mass is 325 g/mol. The van der Waals surface area contributed by atoms with Gasteiger partial charge in [0.1, 0.15) is 0 Å². The number of aryl methyl sites for hydroxylation is 1. The zero-order chi connectivity index (χ0) is 16.8. The average molecular weight is 325 g/mol. The van der Waals surface area contributed by atoms with Gasteiger partial charge in [-0.1, -0.05) is 30.3 Å². The van der Waals surface area contributed by atoms with Crippen molar-refractivity contribution in [2.24, 2.45) is 0 Å². The molecule has 1 saturated heterocycles. The van der Waals surface area contributed by atoms with E-state index in [0.717, 1.165) is 43.1 Å². The first kappa shape index (κ1) is 16.4. The maximum atomic E-state index is 12.1. The number of carbonyl (C=O) groups excluding carboxylic acids is 1. The van der Waals surface area contributed by atoms with Gasteiger partial charge in [-0.05, 0) is 24.1 Å². The second kappa shape index (κ2) is 7.88. The lowest BCUT2D eigenvalue weighted by molar-refractivity contribution is -0.122. The van der Waals surface area contributed by atoms with Crippen LogP contribution in [0.25, 0.3) is 0 Å². The lowest BCUT2D eigenvalue weighted by atomic mass is 10.2. The van der Waals surface area contributed by atoms with E-state index in [0.29, 0.717) is 13.1 Å². The van der Waals surface area contributed by atoms with E-state index in [9.17, 15) is 4.79 Å². The van der Waals surface area contributed by atoms with Gasteiger partial charge in [0, 0.05) is 32.7 Å². The van der Waals surface area contributed by atoms with Crippen molar-refractivity contribution >= 4 is 11.7 Å². The highest BCUT2D eigenvalue weighted by Crippen LogP contribution is 2.13. The van der Waals surface area contributed by atoms with Crippen molar-refractivity contribution in [2.45, 2.75) is 13.5 Å². The zero-order valence-electron chi connectivity index (χ0n) is 14.0. The first-order chi connectivity index (χ1) is 11.7. The number of anilines is 1. The van der Waals surface area contributed by atoms with Crippen LogP contribution in [0.1, 0.15) is 11.1 Å².